The predicted octanol–water partition coefficient (Wildman–Crippen LogP) is 14.9. The van der Waals surface area contributed by atoms with Crippen LogP contribution < -0.4 is 0 Å². The maximum absolute atomic E-state index is 2.84. The molecule has 0 rings (SSSR count). The summed E-state index contributed by atoms with van der Waals surface area (Å²) in [7, 11) is 0. The van der Waals surface area contributed by atoms with E-state index in [1.165, 1.54) is 232 Å². The Morgan fingerprint density at radius 2 is 0.500 bits per heavy atom. The van der Waals surface area contributed by atoms with E-state index < -0.39 is 0 Å². The fourth-order valence-corrected chi connectivity index (χ4v) is 6.64. The molecule has 0 aromatic rings. The fourth-order valence-electron chi connectivity index (χ4n) is 6.64. The van der Waals surface area contributed by atoms with E-state index in [1.54, 1.807) is 0 Å². The average Bonchev–Trinajstić information content (AvgIpc) is 2.98. The van der Waals surface area contributed by atoms with Crippen molar-refractivity contribution in [3.05, 3.63) is 0 Å². The number of hydrogen-bond acceptors (Lipinski definition) is 1. The first-order valence-electron chi connectivity index (χ1n) is 20.4. The van der Waals surface area contributed by atoms with E-state index in [1.807, 2.05) is 0 Å². The van der Waals surface area contributed by atoms with Gasteiger partial charge in [-0.15, -0.1) is 0 Å². The van der Waals surface area contributed by atoms with Crippen LogP contribution in [0, 0.1) is 5.92 Å². The van der Waals surface area contributed by atoms with Gasteiger partial charge >= 0.3 is 0 Å². The van der Waals surface area contributed by atoms with E-state index in [4.69, 9.17) is 0 Å². The molecule has 0 aromatic carbocycles. The van der Waals surface area contributed by atoms with Crippen molar-refractivity contribution in [1.82, 2.24) is 4.90 Å². The van der Waals surface area contributed by atoms with Gasteiger partial charge in [0.15, 0.2) is 0 Å². The minimum absolute atomic E-state index is 0.865. The van der Waals surface area contributed by atoms with Gasteiger partial charge in [-0.25, -0.2) is 0 Å². The quantitative estimate of drug-likeness (QED) is 0.0649. The second-order valence-corrected chi connectivity index (χ2v) is 14.6. The molecule has 254 valence electrons. The highest BCUT2D eigenvalue weighted by Gasteiger charge is 2.06. The minimum atomic E-state index is 0.865. The maximum atomic E-state index is 2.84. The van der Waals surface area contributed by atoms with Crippen LogP contribution in [0.3, 0.4) is 0 Å². The highest BCUT2D eigenvalue weighted by molar-refractivity contribution is 4.61. The molecule has 0 amide bonds. The van der Waals surface area contributed by atoms with Crippen LogP contribution in [0.15, 0.2) is 0 Å². The summed E-state index contributed by atoms with van der Waals surface area (Å²) in [6, 6.07) is 0. The SMILES string of the molecule is CCCCCCCCCCCCCCCCCN(CCCCCCCCCCCCCCCCC)CCCCC(C)C. The maximum Gasteiger partial charge on any atom is -0.00187 e. The summed E-state index contributed by atoms with van der Waals surface area (Å²) in [6.07, 6.45) is 48.2. The molecule has 0 fully saturated rings. The molecule has 0 heterocycles. The van der Waals surface area contributed by atoms with Crippen LogP contribution in [0.1, 0.15) is 240 Å². The molecule has 1 nitrogen and oxygen atoms in total. The summed E-state index contributed by atoms with van der Waals surface area (Å²) in [4.78, 5) is 2.84. The van der Waals surface area contributed by atoms with Crippen molar-refractivity contribution in [2.24, 2.45) is 5.92 Å². The zero-order chi connectivity index (χ0) is 30.6. The molecule has 0 aromatic heterocycles. The summed E-state index contributed by atoms with van der Waals surface area (Å²) in [6.45, 7) is 13.5. The van der Waals surface area contributed by atoms with Gasteiger partial charge in [-0.2, -0.15) is 0 Å². The van der Waals surface area contributed by atoms with Gasteiger partial charge in [0.05, 0.1) is 0 Å². The first-order valence-corrected chi connectivity index (χ1v) is 20.4. The van der Waals surface area contributed by atoms with Crippen molar-refractivity contribution in [3.8, 4) is 0 Å². The predicted molar refractivity (Wildman–Crippen MR) is 195 cm³/mol. The zero-order valence-electron chi connectivity index (χ0n) is 30.5. The van der Waals surface area contributed by atoms with Gasteiger partial charge in [0, 0.05) is 0 Å². The molecule has 0 aliphatic carbocycles. The normalized spacial score (nSPS) is 11.9. The second-order valence-electron chi connectivity index (χ2n) is 14.6. The Hall–Kier alpha value is -0.0400. The molecule has 42 heavy (non-hydrogen) atoms. The van der Waals surface area contributed by atoms with Gasteiger partial charge in [-0.3, -0.25) is 0 Å². The number of unbranched alkanes of at least 4 members (excludes halogenated alkanes) is 29. The standard InChI is InChI=1S/C41H85N/c1-5-7-9-11-13-15-17-19-21-23-25-27-29-31-34-38-42(40-36-33-37-41(3)4)39-35-32-30-28-26-24-22-20-18-16-14-12-10-8-6-2/h41H,5-40H2,1-4H3. The molecule has 0 aliphatic rings. The Labute approximate surface area is 269 Å². The monoisotopic (exact) mass is 592 g/mol. The summed E-state index contributed by atoms with van der Waals surface area (Å²) in [5.74, 6) is 0.865. The number of rotatable bonds is 37. The molecule has 0 atom stereocenters. The Balaban J connectivity index is 3.69. The van der Waals surface area contributed by atoms with E-state index in [9.17, 15) is 0 Å². The Morgan fingerprint density at radius 1 is 0.286 bits per heavy atom. The Morgan fingerprint density at radius 3 is 0.738 bits per heavy atom. The van der Waals surface area contributed by atoms with Crippen molar-refractivity contribution >= 4 is 0 Å². The smallest absolute Gasteiger partial charge is 0.00187 e. The molecule has 0 saturated carbocycles. The van der Waals surface area contributed by atoms with Crippen LogP contribution in [0.4, 0.5) is 0 Å². The highest BCUT2D eigenvalue weighted by atomic mass is 15.1. The van der Waals surface area contributed by atoms with Crippen LogP contribution in [0.25, 0.3) is 0 Å². The van der Waals surface area contributed by atoms with Crippen LogP contribution in [0.5, 0.6) is 0 Å². The first-order chi connectivity index (χ1) is 20.7. The van der Waals surface area contributed by atoms with E-state index in [0.29, 0.717) is 0 Å². The lowest BCUT2D eigenvalue weighted by Crippen LogP contribution is -2.27. The molecule has 0 unspecified atom stereocenters. The average molecular weight is 592 g/mol. The van der Waals surface area contributed by atoms with Crippen molar-refractivity contribution < 1.29 is 0 Å². The zero-order valence-corrected chi connectivity index (χ0v) is 30.5. The summed E-state index contributed by atoms with van der Waals surface area (Å²) in [5.41, 5.74) is 0. The van der Waals surface area contributed by atoms with Crippen LogP contribution >= 0.6 is 0 Å². The lowest BCUT2D eigenvalue weighted by atomic mass is 10.0. The van der Waals surface area contributed by atoms with Gasteiger partial charge in [-0.1, -0.05) is 220 Å². The summed E-state index contributed by atoms with van der Waals surface area (Å²) >= 11 is 0. The lowest BCUT2D eigenvalue weighted by molar-refractivity contribution is 0.252. The van der Waals surface area contributed by atoms with E-state index in [0.717, 1.165) is 5.92 Å². The Bertz CT molecular complexity index is 424. The number of hydrogen-bond donors (Lipinski definition) is 0. The molecule has 0 spiro atoms. The lowest BCUT2D eigenvalue weighted by Gasteiger charge is -2.22. The fraction of sp³-hybridized carbons (Fsp3) is 1.00. The summed E-state index contributed by atoms with van der Waals surface area (Å²) < 4.78 is 0. The molecule has 0 saturated heterocycles. The minimum Gasteiger partial charge on any atom is -0.303 e. The third kappa shape index (κ3) is 36.2. The van der Waals surface area contributed by atoms with Gasteiger partial charge in [-0.05, 0) is 44.8 Å². The van der Waals surface area contributed by atoms with E-state index in [-0.39, 0.29) is 0 Å². The molecular formula is C41H85N. The largest absolute Gasteiger partial charge is 0.303 e. The highest BCUT2D eigenvalue weighted by Crippen LogP contribution is 2.16. The van der Waals surface area contributed by atoms with Crippen LogP contribution in [0.2, 0.25) is 0 Å². The van der Waals surface area contributed by atoms with Crippen LogP contribution in [-0.4, -0.2) is 24.5 Å². The molecule has 0 N–H and O–H groups in total. The van der Waals surface area contributed by atoms with E-state index >= 15 is 0 Å². The van der Waals surface area contributed by atoms with Gasteiger partial charge < -0.3 is 4.90 Å². The van der Waals surface area contributed by atoms with Crippen LogP contribution in [-0.2, 0) is 0 Å². The molecule has 0 bridgehead atoms. The van der Waals surface area contributed by atoms with Crippen molar-refractivity contribution in [2.75, 3.05) is 19.6 Å². The summed E-state index contributed by atoms with van der Waals surface area (Å²) in [5, 5.41) is 0. The van der Waals surface area contributed by atoms with E-state index in [2.05, 4.69) is 32.6 Å². The van der Waals surface area contributed by atoms with Gasteiger partial charge in [0.1, 0.15) is 0 Å². The van der Waals surface area contributed by atoms with Crippen molar-refractivity contribution in [2.45, 2.75) is 240 Å². The van der Waals surface area contributed by atoms with Gasteiger partial charge in [0.2, 0.25) is 0 Å². The van der Waals surface area contributed by atoms with Crippen molar-refractivity contribution in [1.29, 1.82) is 0 Å². The van der Waals surface area contributed by atoms with Crippen molar-refractivity contribution in [3.63, 3.8) is 0 Å². The Kier molecular flexibility index (Phi) is 37.1. The second kappa shape index (κ2) is 37.1. The molecule has 0 radical (unpaired) electrons. The molecule has 0 aliphatic heterocycles. The third-order valence-corrected chi connectivity index (χ3v) is 9.66. The third-order valence-electron chi connectivity index (χ3n) is 9.66. The topological polar surface area (TPSA) is 3.24 Å². The first kappa shape index (κ1) is 42.0. The molecule has 1 heteroatoms. The van der Waals surface area contributed by atoms with Gasteiger partial charge in [0.25, 0.3) is 0 Å². The number of nitrogens with zero attached hydrogens (tertiary/aromatic N) is 1. The molecular weight excluding hydrogens is 506 g/mol.